The summed E-state index contributed by atoms with van der Waals surface area (Å²) in [7, 11) is 0. The number of nitrogen functional groups attached to an aromatic ring is 1. The third-order valence-corrected chi connectivity index (χ3v) is 3.44. The summed E-state index contributed by atoms with van der Waals surface area (Å²) in [4.78, 5) is 17.9. The van der Waals surface area contributed by atoms with Crippen LogP contribution < -0.4 is 16.6 Å². The molecule has 0 radical (unpaired) electrons. The zero-order valence-corrected chi connectivity index (χ0v) is 10.4. The average molecular weight is 236 g/mol. The van der Waals surface area contributed by atoms with E-state index in [4.69, 9.17) is 5.73 Å². The molecule has 5 heteroatoms. The Morgan fingerprint density at radius 3 is 3.06 bits per heavy atom. The molecule has 1 saturated carbocycles. The van der Waals surface area contributed by atoms with E-state index in [1.807, 2.05) is 0 Å². The quantitative estimate of drug-likeness (QED) is 0.730. The van der Waals surface area contributed by atoms with Gasteiger partial charge in [0.15, 0.2) is 5.82 Å². The molecule has 1 aliphatic carbocycles. The predicted octanol–water partition coefficient (Wildman–Crippen LogP) is 1.73. The molecule has 1 aromatic heterocycles. The summed E-state index contributed by atoms with van der Waals surface area (Å²) in [5.41, 5.74) is 5.95. The molecule has 5 nitrogen and oxygen atoms in total. The van der Waals surface area contributed by atoms with Gasteiger partial charge in [0, 0.05) is 6.04 Å². The van der Waals surface area contributed by atoms with E-state index in [1.165, 1.54) is 19.2 Å². The summed E-state index contributed by atoms with van der Waals surface area (Å²) >= 11 is 0. The topological polar surface area (TPSA) is 83.8 Å². The monoisotopic (exact) mass is 236 g/mol. The molecule has 94 valence electrons. The van der Waals surface area contributed by atoms with Crippen molar-refractivity contribution in [3.63, 3.8) is 0 Å². The van der Waals surface area contributed by atoms with E-state index in [1.54, 1.807) is 0 Å². The molecular formula is C12H20N4O. The van der Waals surface area contributed by atoms with Gasteiger partial charge in [-0.05, 0) is 24.7 Å². The summed E-state index contributed by atoms with van der Waals surface area (Å²) in [5.74, 6) is 0.511. The molecule has 0 amide bonds. The molecule has 1 aromatic rings. The molecule has 4 N–H and O–H groups in total. The highest BCUT2D eigenvalue weighted by Gasteiger charge is 2.28. The largest absolute Gasteiger partial charge is 0.391 e. The Morgan fingerprint density at radius 1 is 1.59 bits per heavy atom. The van der Waals surface area contributed by atoms with Crippen molar-refractivity contribution < 1.29 is 0 Å². The van der Waals surface area contributed by atoms with E-state index >= 15 is 0 Å². The lowest BCUT2D eigenvalue weighted by molar-refractivity contribution is 0.229. The van der Waals surface area contributed by atoms with Crippen molar-refractivity contribution in [3.8, 4) is 0 Å². The number of aromatic nitrogens is 2. The Labute approximate surface area is 101 Å². The maximum Gasteiger partial charge on any atom is 0.276 e. The number of aromatic amines is 1. The van der Waals surface area contributed by atoms with Crippen LogP contribution in [0, 0.1) is 5.41 Å². The summed E-state index contributed by atoms with van der Waals surface area (Å²) in [6.45, 7) is 4.55. The highest BCUT2D eigenvalue weighted by Crippen LogP contribution is 2.36. The summed E-state index contributed by atoms with van der Waals surface area (Å²) in [6, 6.07) is 0.357. The number of nitrogens with one attached hydrogen (secondary N) is 2. The molecular weight excluding hydrogens is 216 g/mol. The number of H-pyrrole nitrogens is 1. The maximum atomic E-state index is 11.3. The molecule has 0 aromatic carbocycles. The lowest BCUT2D eigenvalue weighted by atomic mass is 9.75. The van der Waals surface area contributed by atoms with Crippen molar-refractivity contribution >= 4 is 11.5 Å². The fourth-order valence-corrected chi connectivity index (χ4v) is 2.54. The number of hydrogen-bond donors (Lipinski definition) is 3. The second kappa shape index (κ2) is 4.39. The first-order valence-corrected chi connectivity index (χ1v) is 6.08. The summed E-state index contributed by atoms with van der Waals surface area (Å²) < 4.78 is 0. The number of nitrogens with two attached hydrogens (primary N) is 1. The molecule has 1 aliphatic rings. The number of anilines is 2. The van der Waals surface area contributed by atoms with Crippen LogP contribution in [0.5, 0.6) is 0 Å². The Morgan fingerprint density at radius 2 is 2.35 bits per heavy atom. The van der Waals surface area contributed by atoms with E-state index in [0.717, 1.165) is 12.8 Å². The van der Waals surface area contributed by atoms with Gasteiger partial charge in [0.25, 0.3) is 5.56 Å². The molecule has 1 unspecified atom stereocenters. The zero-order valence-electron chi connectivity index (χ0n) is 10.4. The van der Waals surface area contributed by atoms with Crippen LogP contribution in [0.3, 0.4) is 0 Å². The van der Waals surface area contributed by atoms with Gasteiger partial charge in [-0.1, -0.05) is 20.3 Å². The van der Waals surface area contributed by atoms with Gasteiger partial charge in [0.05, 0.1) is 6.33 Å². The lowest BCUT2D eigenvalue weighted by Crippen LogP contribution is -2.33. The number of rotatable bonds is 2. The van der Waals surface area contributed by atoms with Crippen LogP contribution in [-0.2, 0) is 0 Å². The standard InChI is InChI=1S/C12H20N4O/c1-12(2)5-3-4-8(6-12)16-10-9(13)11(17)15-7-14-10/h7-8H,3-6,13H2,1-2H3,(H2,14,15,16,17). The summed E-state index contributed by atoms with van der Waals surface area (Å²) in [6.07, 6.45) is 6.03. The van der Waals surface area contributed by atoms with Crippen LogP contribution in [-0.4, -0.2) is 16.0 Å². The molecule has 2 rings (SSSR count). The van der Waals surface area contributed by atoms with Gasteiger partial charge in [0.1, 0.15) is 5.69 Å². The van der Waals surface area contributed by atoms with Crippen LogP contribution in [0.15, 0.2) is 11.1 Å². The van der Waals surface area contributed by atoms with Crippen molar-refractivity contribution in [2.24, 2.45) is 5.41 Å². The minimum Gasteiger partial charge on any atom is -0.391 e. The Balaban J connectivity index is 2.11. The first kappa shape index (κ1) is 12.0. The predicted molar refractivity (Wildman–Crippen MR) is 68.9 cm³/mol. The Hall–Kier alpha value is -1.52. The highest BCUT2D eigenvalue weighted by atomic mass is 16.1. The molecule has 0 aliphatic heterocycles. The number of hydrogen-bond acceptors (Lipinski definition) is 4. The minimum atomic E-state index is -0.280. The average Bonchev–Trinajstić information content (AvgIpc) is 2.23. The third kappa shape index (κ3) is 2.78. The van der Waals surface area contributed by atoms with Crippen LogP contribution in [0.2, 0.25) is 0 Å². The summed E-state index contributed by atoms with van der Waals surface area (Å²) in [5, 5.41) is 3.29. The van der Waals surface area contributed by atoms with Crippen LogP contribution in [0.25, 0.3) is 0 Å². The van der Waals surface area contributed by atoms with Gasteiger partial charge in [-0.25, -0.2) is 4.98 Å². The van der Waals surface area contributed by atoms with Gasteiger partial charge in [0.2, 0.25) is 0 Å². The van der Waals surface area contributed by atoms with Gasteiger partial charge in [-0.3, -0.25) is 4.79 Å². The van der Waals surface area contributed by atoms with Gasteiger partial charge < -0.3 is 16.0 Å². The fourth-order valence-electron chi connectivity index (χ4n) is 2.54. The molecule has 1 heterocycles. The molecule has 1 fully saturated rings. The van der Waals surface area contributed by atoms with Crippen LogP contribution in [0.1, 0.15) is 39.5 Å². The highest BCUT2D eigenvalue weighted by molar-refractivity contribution is 5.59. The van der Waals surface area contributed by atoms with Crippen molar-refractivity contribution in [1.29, 1.82) is 0 Å². The van der Waals surface area contributed by atoms with Gasteiger partial charge in [-0.2, -0.15) is 0 Å². The maximum absolute atomic E-state index is 11.3. The Bertz CT molecular complexity index is 452. The van der Waals surface area contributed by atoms with E-state index < -0.39 is 0 Å². The smallest absolute Gasteiger partial charge is 0.276 e. The van der Waals surface area contributed by atoms with E-state index in [2.05, 4.69) is 29.1 Å². The minimum absolute atomic E-state index is 0.177. The molecule has 17 heavy (non-hydrogen) atoms. The normalized spacial score (nSPS) is 23.3. The van der Waals surface area contributed by atoms with E-state index in [9.17, 15) is 4.79 Å². The first-order valence-electron chi connectivity index (χ1n) is 6.08. The molecule has 0 saturated heterocycles. The molecule has 0 spiro atoms. The van der Waals surface area contributed by atoms with Crippen LogP contribution in [0.4, 0.5) is 11.5 Å². The molecule has 0 bridgehead atoms. The number of nitrogens with zero attached hydrogens (tertiary/aromatic N) is 1. The van der Waals surface area contributed by atoms with Crippen molar-refractivity contribution in [2.75, 3.05) is 11.1 Å². The first-order chi connectivity index (χ1) is 7.98. The van der Waals surface area contributed by atoms with Gasteiger partial charge >= 0.3 is 0 Å². The lowest BCUT2D eigenvalue weighted by Gasteiger charge is -2.35. The SMILES string of the molecule is CC1(C)CCCC(Nc2nc[nH]c(=O)c2N)C1. The Kier molecular flexibility index (Phi) is 3.09. The van der Waals surface area contributed by atoms with Gasteiger partial charge in [-0.15, -0.1) is 0 Å². The second-order valence-electron chi connectivity index (χ2n) is 5.60. The fraction of sp³-hybridized carbons (Fsp3) is 0.667. The van der Waals surface area contributed by atoms with Crippen molar-refractivity contribution in [1.82, 2.24) is 9.97 Å². The molecule has 1 atom stereocenters. The second-order valence-corrected chi connectivity index (χ2v) is 5.60. The van der Waals surface area contributed by atoms with E-state index in [0.29, 0.717) is 17.3 Å². The zero-order chi connectivity index (χ0) is 12.5. The van der Waals surface area contributed by atoms with E-state index in [-0.39, 0.29) is 11.2 Å². The van der Waals surface area contributed by atoms with Crippen molar-refractivity contribution in [2.45, 2.75) is 45.6 Å². The van der Waals surface area contributed by atoms with Crippen molar-refractivity contribution in [3.05, 3.63) is 16.7 Å². The third-order valence-electron chi connectivity index (χ3n) is 3.44. The van der Waals surface area contributed by atoms with Crippen LogP contribution >= 0.6 is 0 Å².